The number of benzene rings is 1. The van der Waals surface area contributed by atoms with Gasteiger partial charge in [0.2, 0.25) is 5.65 Å². The molecule has 0 saturated carbocycles. The van der Waals surface area contributed by atoms with Crippen molar-refractivity contribution >= 4 is 5.65 Å². The van der Waals surface area contributed by atoms with Gasteiger partial charge in [-0.05, 0) is 24.3 Å². The van der Waals surface area contributed by atoms with Crippen LogP contribution < -0.4 is 0 Å². The topological polar surface area (TPSA) is 50.4 Å². The molecule has 102 valence electrons. The molecular weight excluding hydrogens is 271 g/mol. The highest BCUT2D eigenvalue weighted by molar-refractivity contribution is 5.63. The second-order valence-electron chi connectivity index (χ2n) is 4.19. The summed E-state index contributed by atoms with van der Waals surface area (Å²) in [5.41, 5.74) is 0.0106. The van der Waals surface area contributed by atoms with Crippen molar-refractivity contribution in [3.05, 3.63) is 48.2 Å². The summed E-state index contributed by atoms with van der Waals surface area (Å²) in [6, 6.07) is 7.67. The smallest absolute Gasteiger partial charge is 0.416 e. The van der Waals surface area contributed by atoms with Gasteiger partial charge in [-0.2, -0.15) is 13.2 Å². The molecule has 0 spiro atoms. The maximum atomic E-state index is 12.5. The van der Waals surface area contributed by atoms with Crippen LogP contribution in [0.4, 0.5) is 13.2 Å². The van der Waals surface area contributed by atoms with Gasteiger partial charge in [-0.3, -0.25) is 4.40 Å². The van der Waals surface area contributed by atoms with Gasteiger partial charge in [-0.25, -0.2) is 0 Å². The van der Waals surface area contributed by atoms with Crippen LogP contribution in [-0.2, 0) is 6.18 Å². The van der Waals surface area contributed by atoms with E-state index in [0.29, 0.717) is 11.4 Å². The van der Waals surface area contributed by atoms with Gasteiger partial charge in [0.05, 0.1) is 5.56 Å². The Balaban J connectivity index is 2.10. The molecule has 0 aliphatic heterocycles. The summed E-state index contributed by atoms with van der Waals surface area (Å²) < 4.78 is 39.0. The van der Waals surface area contributed by atoms with Crippen molar-refractivity contribution in [1.82, 2.24) is 14.6 Å². The van der Waals surface area contributed by atoms with Gasteiger partial charge in [0.15, 0.2) is 11.6 Å². The number of rotatable bonds is 1. The molecule has 0 unspecified atom stereocenters. The highest BCUT2D eigenvalue weighted by atomic mass is 19.4. The molecule has 0 bridgehead atoms. The third kappa shape index (κ3) is 1.97. The molecule has 0 fully saturated rings. The van der Waals surface area contributed by atoms with Gasteiger partial charge in [0, 0.05) is 11.8 Å². The second kappa shape index (κ2) is 4.22. The van der Waals surface area contributed by atoms with Crippen molar-refractivity contribution in [2.45, 2.75) is 6.18 Å². The summed E-state index contributed by atoms with van der Waals surface area (Å²) in [7, 11) is 0. The van der Waals surface area contributed by atoms with Crippen LogP contribution in [0.5, 0.6) is 5.75 Å². The maximum Gasteiger partial charge on any atom is 0.416 e. The molecule has 0 atom stereocenters. The fourth-order valence-electron chi connectivity index (χ4n) is 1.91. The lowest BCUT2D eigenvalue weighted by atomic mass is 10.1. The van der Waals surface area contributed by atoms with Crippen LogP contribution in [-0.4, -0.2) is 19.7 Å². The molecule has 0 aliphatic carbocycles. The molecule has 0 radical (unpaired) electrons. The molecule has 2 aromatic heterocycles. The van der Waals surface area contributed by atoms with Crippen LogP contribution in [0.25, 0.3) is 17.0 Å². The molecule has 3 rings (SSSR count). The lowest BCUT2D eigenvalue weighted by Crippen LogP contribution is -2.04. The number of pyridine rings is 1. The van der Waals surface area contributed by atoms with Gasteiger partial charge in [0.1, 0.15) is 0 Å². The quantitative estimate of drug-likeness (QED) is 0.744. The number of nitrogens with zero attached hydrogens (tertiary/aromatic N) is 3. The van der Waals surface area contributed by atoms with E-state index < -0.39 is 11.7 Å². The lowest BCUT2D eigenvalue weighted by molar-refractivity contribution is -0.137. The zero-order valence-corrected chi connectivity index (χ0v) is 9.96. The molecule has 3 aromatic rings. The van der Waals surface area contributed by atoms with Gasteiger partial charge in [-0.1, -0.05) is 12.1 Å². The number of aromatic nitrogens is 3. The molecule has 4 nitrogen and oxygen atoms in total. The maximum absolute atomic E-state index is 12.5. The summed E-state index contributed by atoms with van der Waals surface area (Å²) in [6.07, 6.45) is -2.74. The average Bonchev–Trinajstić information content (AvgIpc) is 2.83. The zero-order valence-electron chi connectivity index (χ0n) is 9.96. The standard InChI is InChI=1S/C13H8F3N3O/c14-13(15,16)9-5-3-8(4-6-9)11-17-18-12-10(20)2-1-7-19(11)12/h1-7,20H. The van der Waals surface area contributed by atoms with Crippen LogP contribution >= 0.6 is 0 Å². The van der Waals surface area contributed by atoms with E-state index in [-0.39, 0.29) is 11.4 Å². The first-order valence-electron chi connectivity index (χ1n) is 5.67. The van der Waals surface area contributed by atoms with Gasteiger partial charge < -0.3 is 5.11 Å². The van der Waals surface area contributed by atoms with Crippen LogP contribution in [0.2, 0.25) is 0 Å². The summed E-state index contributed by atoms with van der Waals surface area (Å²) in [4.78, 5) is 0. The van der Waals surface area contributed by atoms with Crippen molar-refractivity contribution in [2.24, 2.45) is 0 Å². The van der Waals surface area contributed by atoms with Crippen LogP contribution in [0.1, 0.15) is 5.56 Å². The molecule has 0 saturated heterocycles. The first kappa shape index (κ1) is 12.5. The second-order valence-corrected chi connectivity index (χ2v) is 4.19. The van der Waals surface area contributed by atoms with E-state index in [9.17, 15) is 18.3 Å². The Bertz CT molecular complexity index is 763. The Kier molecular flexibility index (Phi) is 2.63. The Morgan fingerprint density at radius 2 is 1.70 bits per heavy atom. The fourth-order valence-corrected chi connectivity index (χ4v) is 1.91. The molecule has 0 amide bonds. The molecule has 0 aliphatic rings. The Morgan fingerprint density at radius 1 is 1.00 bits per heavy atom. The van der Waals surface area contributed by atoms with Crippen LogP contribution in [0, 0.1) is 0 Å². The minimum absolute atomic E-state index is 0.0434. The Hall–Kier alpha value is -2.57. The van der Waals surface area contributed by atoms with Crippen molar-refractivity contribution < 1.29 is 18.3 Å². The lowest BCUT2D eigenvalue weighted by Gasteiger charge is -2.07. The fraction of sp³-hybridized carbons (Fsp3) is 0.0769. The number of hydrogen-bond acceptors (Lipinski definition) is 3. The summed E-state index contributed by atoms with van der Waals surface area (Å²) in [6.45, 7) is 0. The molecule has 1 N–H and O–H groups in total. The van der Waals surface area contributed by atoms with Gasteiger partial charge in [-0.15, -0.1) is 10.2 Å². The Morgan fingerprint density at radius 3 is 2.35 bits per heavy atom. The van der Waals surface area contributed by atoms with E-state index in [2.05, 4.69) is 10.2 Å². The largest absolute Gasteiger partial charge is 0.504 e. The SMILES string of the molecule is Oc1cccn2c(-c3ccc(C(F)(F)F)cc3)nnc12. The predicted molar refractivity (Wildman–Crippen MR) is 65.1 cm³/mol. The average molecular weight is 279 g/mol. The van der Waals surface area contributed by atoms with Crippen molar-refractivity contribution in [2.75, 3.05) is 0 Å². The highest BCUT2D eigenvalue weighted by Gasteiger charge is 2.30. The molecule has 1 aromatic carbocycles. The number of hydrogen-bond donors (Lipinski definition) is 1. The van der Waals surface area contributed by atoms with E-state index in [1.54, 1.807) is 12.3 Å². The van der Waals surface area contributed by atoms with Crippen molar-refractivity contribution in [3.8, 4) is 17.1 Å². The third-order valence-electron chi connectivity index (χ3n) is 2.88. The van der Waals surface area contributed by atoms with E-state index in [0.717, 1.165) is 12.1 Å². The minimum atomic E-state index is -4.37. The van der Waals surface area contributed by atoms with E-state index in [4.69, 9.17) is 0 Å². The Labute approximate surface area is 111 Å². The molecular formula is C13H8F3N3O. The number of aromatic hydroxyl groups is 1. The monoisotopic (exact) mass is 279 g/mol. The highest BCUT2D eigenvalue weighted by Crippen LogP contribution is 2.31. The van der Waals surface area contributed by atoms with Crippen LogP contribution in [0.3, 0.4) is 0 Å². The molecule has 2 heterocycles. The zero-order chi connectivity index (χ0) is 14.3. The number of fused-ring (bicyclic) bond motifs is 1. The first-order valence-corrected chi connectivity index (χ1v) is 5.67. The van der Waals surface area contributed by atoms with Crippen molar-refractivity contribution in [1.29, 1.82) is 0 Å². The van der Waals surface area contributed by atoms with Gasteiger partial charge in [0.25, 0.3) is 0 Å². The molecule has 7 heteroatoms. The van der Waals surface area contributed by atoms with Gasteiger partial charge >= 0.3 is 6.18 Å². The van der Waals surface area contributed by atoms with E-state index in [1.165, 1.54) is 22.6 Å². The minimum Gasteiger partial charge on any atom is -0.504 e. The normalized spacial score (nSPS) is 11.9. The third-order valence-corrected chi connectivity index (χ3v) is 2.88. The predicted octanol–water partition coefficient (Wildman–Crippen LogP) is 3.12. The summed E-state index contributed by atoms with van der Waals surface area (Å²) in [5.74, 6) is 0.322. The number of halogens is 3. The molecule has 20 heavy (non-hydrogen) atoms. The van der Waals surface area contributed by atoms with E-state index in [1.807, 2.05) is 0 Å². The van der Waals surface area contributed by atoms with Crippen molar-refractivity contribution in [3.63, 3.8) is 0 Å². The summed E-state index contributed by atoms with van der Waals surface area (Å²) >= 11 is 0. The summed E-state index contributed by atoms with van der Waals surface area (Å²) in [5, 5.41) is 17.3. The number of alkyl halides is 3. The first-order chi connectivity index (χ1) is 9.47. The van der Waals surface area contributed by atoms with Crippen LogP contribution in [0.15, 0.2) is 42.6 Å². The van der Waals surface area contributed by atoms with E-state index >= 15 is 0 Å².